The van der Waals surface area contributed by atoms with Gasteiger partial charge in [-0.25, -0.2) is 0 Å². The Morgan fingerprint density at radius 3 is 1.71 bits per heavy atom. The molecule has 0 aliphatic heterocycles. The second-order valence-electron chi connectivity index (χ2n) is 5.80. The van der Waals surface area contributed by atoms with E-state index in [0.717, 1.165) is 11.8 Å². The normalized spacial score (nSPS) is 13.2. The summed E-state index contributed by atoms with van der Waals surface area (Å²) in [5, 5.41) is 0. The molecule has 0 nitrogen and oxygen atoms in total. The third-order valence-corrected chi connectivity index (χ3v) is 4.10. The van der Waals surface area contributed by atoms with Crippen LogP contribution in [0.3, 0.4) is 0 Å². The highest BCUT2D eigenvalue weighted by atomic mass is 14.2. The molecule has 0 heterocycles. The van der Waals surface area contributed by atoms with Crippen LogP contribution in [0, 0.1) is 11.8 Å². The molecule has 0 rings (SSSR count). The Balaban J connectivity index is 3.81. The highest BCUT2D eigenvalue weighted by Crippen LogP contribution is 2.27. The highest BCUT2D eigenvalue weighted by molar-refractivity contribution is 4.66. The molecule has 0 saturated carbocycles. The first kappa shape index (κ1) is 17.0. The lowest BCUT2D eigenvalue weighted by molar-refractivity contribution is 0.304. The molecular formula is C17H36. The lowest BCUT2D eigenvalue weighted by atomic mass is 9.84. The summed E-state index contributed by atoms with van der Waals surface area (Å²) in [5.74, 6) is 2.02. The number of unbranched alkanes of at least 4 members (excludes halogenated alkanes) is 3. The minimum atomic E-state index is 1.01. The molecule has 0 aromatic heterocycles. The Morgan fingerprint density at radius 2 is 1.24 bits per heavy atom. The van der Waals surface area contributed by atoms with Gasteiger partial charge in [0.1, 0.15) is 0 Å². The molecule has 0 N–H and O–H groups in total. The van der Waals surface area contributed by atoms with E-state index in [1.807, 2.05) is 0 Å². The molecule has 0 bridgehead atoms. The summed E-state index contributed by atoms with van der Waals surface area (Å²) in [6.45, 7) is 9.37. The lowest BCUT2D eigenvalue weighted by Gasteiger charge is -2.22. The molecule has 1 atom stereocenters. The molecule has 0 aliphatic rings. The van der Waals surface area contributed by atoms with E-state index in [1.54, 1.807) is 0 Å². The summed E-state index contributed by atoms with van der Waals surface area (Å²) in [7, 11) is 0. The summed E-state index contributed by atoms with van der Waals surface area (Å²) >= 11 is 0. The fourth-order valence-corrected chi connectivity index (χ4v) is 3.02. The number of hydrogen-bond acceptors (Lipinski definition) is 0. The van der Waals surface area contributed by atoms with Crippen LogP contribution in [0.15, 0.2) is 0 Å². The first-order chi connectivity index (χ1) is 8.28. The fourth-order valence-electron chi connectivity index (χ4n) is 3.02. The van der Waals surface area contributed by atoms with Crippen LogP contribution in [0.2, 0.25) is 0 Å². The molecule has 0 aromatic rings. The monoisotopic (exact) mass is 240 g/mol. The van der Waals surface area contributed by atoms with Crippen LogP contribution < -0.4 is 0 Å². The Bertz CT molecular complexity index is 133. The van der Waals surface area contributed by atoms with Gasteiger partial charge in [-0.05, 0) is 18.3 Å². The van der Waals surface area contributed by atoms with Crippen LogP contribution in [-0.4, -0.2) is 0 Å². The average Bonchev–Trinajstić information content (AvgIpc) is 2.33. The summed E-state index contributed by atoms with van der Waals surface area (Å²) < 4.78 is 0. The molecule has 104 valence electrons. The molecule has 0 saturated heterocycles. The molecule has 0 radical (unpaired) electrons. The van der Waals surface area contributed by atoms with Gasteiger partial charge >= 0.3 is 0 Å². The van der Waals surface area contributed by atoms with Crippen molar-refractivity contribution in [3.63, 3.8) is 0 Å². The second-order valence-corrected chi connectivity index (χ2v) is 5.80. The van der Waals surface area contributed by atoms with Gasteiger partial charge in [-0.2, -0.15) is 0 Å². The van der Waals surface area contributed by atoms with E-state index in [-0.39, 0.29) is 0 Å². The van der Waals surface area contributed by atoms with Gasteiger partial charge in [0.25, 0.3) is 0 Å². The Kier molecular flexibility index (Phi) is 12.5. The smallest absolute Gasteiger partial charge is 0.0412 e. The van der Waals surface area contributed by atoms with Crippen molar-refractivity contribution in [2.45, 2.75) is 98.3 Å². The summed E-state index contributed by atoms with van der Waals surface area (Å²) in [6, 6.07) is 0. The van der Waals surface area contributed by atoms with Crippen molar-refractivity contribution in [1.82, 2.24) is 0 Å². The van der Waals surface area contributed by atoms with Crippen LogP contribution >= 0.6 is 0 Å². The van der Waals surface area contributed by atoms with Gasteiger partial charge in [-0.3, -0.25) is 0 Å². The van der Waals surface area contributed by atoms with Gasteiger partial charge in [0.2, 0.25) is 0 Å². The fraction of sp³-hybridized carbons (Fsp3) is 1.00. The van der Waals surface area contributed by atoms with E-state index in [1.165, 1.54) is 70.6 Å². The maximum atomic E-state index is 2.39. The zero-order valence-electron chi connectivity index (χ0n) is 12.9. The summed E-state index contributed by atoms with van der Waals surface area (Å²) in [6.07, 6.45) is 15.8. The van der Waals surface area contributed by atoms with E-state index in [2.05, 4.69) is 27.7 Å². The van der Waals surface area contributed by atoms with Gasteiger partial charge < -0.3 is 0 Å². The van der Waals surface area contributed by atoms with Crippen molar-refractivity contribution < 1.29 is 0 Å². The molecule has 1 unspecified atom stereocenters. The van der Waals surface area contributed by atoms with Crippen molar-refractivity contribution in [2.75, 3.05) is 0 Å². The van der Waals surface area contributed by atoms with E-state index < -0.39 is 0 Å². The highest BCUT2D eigenvalue weighted by Gasteiger charge is 2.13. The first-order valence-electron chi connectivity index (χ1n) is 8.28. The van der Waals surface area contributed by atoms with Crippen LogP contribution in [0.1, 0.15) is 98.3 Å². The van der Waals surface area contributed by atoms with Crippen LogP contribution in [0.25, 0.3) is 0 Å². The standard InChI is InChI=1S/C17H36/c1-5-9-10-11-14-16(8-4)15-17(12-6-2)13-7-3/h16-17H,5-15H2,1-4H3. The van der Waals surface area contributed by atoms with Crippen LogP contribution in [0.4, 0.5) is 0 Å². The predicted octanol–water partition coefficient (Wildman–Crippen LogP) is 6.59. The Morgan fingerprint density at radius 1 is 0.588 bits per heavy atom. The van der Waals surface area contributed by atoms with E-state index in [4.69, 9.17) is 0 Å². The van der Waals surface area contributed by atoms with Crippen LogP contribution in [0.5, 0.6) is 0 Å². The van der Waals surface area contributed by atoms with Crippen LogP contribution in [-0.2, 0) is 0 Å². The van der Waals surface area contributed by atoms with Crippen molar-refractivity contribution in [3.05, 3.63) is 0 Å². The van der Waals surface area contributed by atoms with Gasteiger partial charge in [0.15, 0.2) is 0 Å². The minimum Gasteiger partial charge on any atom is -0.0654 e. The largest absolute Gasteiger partial charge is 0.0654 e. The number of hydrogen-bond donors (Lipinski definition) is 0. The average molecular weight is 240 g/mol. The molecule has 0 heteroatoms. The quantitative estimate of drug-likeness (QED) is 0.338. The molecule has 0 aromatic carbocycles. The van der Waals surface area contributed by atoms with E-state index in [9.17, 15) is 0 Å². The van der Waals surface area contributed by atoms with Gasteiger partial charge in [0.05, 0.1) is 0 Å². The van der Waals surface area contributed by atoms with Gasteiger partial charge in [-0.1, -0.05) is 91.9 Å². The number of rotatable bonds is 12. The molecule has 17 heavy (non-hydrogen) atoms. The van der Waals surface area contributed by atoms with E-state index in [0.29, 0.717) is 0 Å². The zero-order valence-corrected chi connectivity index (χ0v) is 12.9. The maximum absolute atomic E-state index is 2.39. The van der Waals surface area contributed by atoms with Crippen molar-refractivity contribution in [1.29, 1.82) is 0 Å². The molecule has 0 fully saturated rings. The zero-order chi connectivity index (χ0) is 12.9. The van der Waals surface area contributed by atoms with E-state index >= 15 is 0 Å². The molecular weight excluding hydrogens is 204 g/mol. The van der Waals surface area contributed by atoms with Gasteiger partial charge in [0, 0.05) is 0 Å². The third kappa shape index (κ3) is 9.68. The SMILES string of the molecule is CCCCCCC(CC)CC(CCC)CCC. The molecule has 0 aliphatic carbocycles. The summed E-state index contributed by atoms with van der Waals surface area (Å²) in [5.41, 5.74) is 0. The Hall–Kier alpha value is 0. The predicted molar refractivity (Wildman–Crippen MR) is 80.5 cm³/mol. The first-order valence-corrected chi connectivity index (χ1v) is 8.28. The van der Waals surface area contributed by atoms with Crippen molar-refractivity contribution in [2.24, 2.45) is 11.8 Å². The topological polar surface area (TPSA) is 0 Å². The Labute approximate surface area is 111 Å². The second kappa shape index (κ2) is 12.5. The molecule has 0 amide bonds. The molecule has 0 spiro atoms. The summed E-state index contributed by atoms with van der Waals surface area (Å²) in [4.78, 5) is 0. The minimum absolute atomic E-state index is 1.01. The third-order valence-electron chi connectivity index (χ3n) is 4.10. The van der Waals surface area contributed by atoms with Crippen molar-refractivity contribution in [3.8, 4) is 0 Å². The maximum Gasteiger partial charge on any atom is -0.0412 e. The van der Waals surface area contributed by atoms with Gasteiger partial charge in [-0.15, -0.1) is 0 Å². The van der Waals surface area contributed by atoms with Crippen molar-refractivity contribution >= 4 is 0 Å². The lowest BCUT2D eigenvalue weighted by Crippen LogP contribution is -2.09.